The summed E-state index contributed by atoms with van der Waals surface area (Å²) >= 11 is 5.95. The van der Waals surface area contributed by atoms with Gasteiger partial charge < -0.3 is 4.52 Å². The van der Waals surface area contributed by atoms with Gasteiger partial charge in [0.25, 0.3) is 5.89 Å². The van der Waals surface area contributed by atoms with Gasteiger partial charge in [0.15, 0.2) is 0 Å². The summed E-state index contributed by atoms with van der Waals surface area (Å²) in [6.45, 7) is 1.58. The zero-order valence-corrected chi connectivity index (χ0v) is 14.3. The molecule has 0 saturated carbocycles. The van der Waals surface area contributed by atoms with Crippen molar-refractivity contribution in [2.24, 2.45) is 0 Å². The zero-order valence-electron chi connectivity index (χ0n) is 12.7. The van der Waals surface area contributed by atoms with E-state index in [1.165, 1.54) is 0 Å². The molecule has 1 heterocycles. The molecule has 0 atom stereocenters. The van der Waals surface area contributed by atoms with E-state index in [1.807, 2.05) is 6.07 Å². The van der Waals surface area contributed by atoms with E-state index in [0.29, 0.717) is 28.0 Å². The van der Waals surface area contributed by atoms with Crippen LogP contribution in [0.5, 0.6) is 0 Å². The lowest BCUT2D eigenvalue weighted by atomic mass is 10.2. The molecule has 1 aromatic heterocycles. The average Bonchev–Trinajstić information content (AvgIpc) is 3.05. The maximum atomic E-state index is 11.5. The second-order valence-corrected chi connectivity index (χ2v) is 7.46. The van der Waals surface area contributed by atoms with Crippen LogP contribution in [0.3, 0.4) is 0 Å². The van der Waals surface area contributed by atoms with Gasteiger partial charge in [0, 0.05) is 21.8 Å². The Labute approximate surface area is 144 Å². The number of rotatable bonds is 5. The normalized spacial score (nSPS) is 11.4. The topological polar surface area (TPSA) is 85.1 Å². The summed E-state index contributed by atoms with van der Waals surface area (Å²) < 4.78 is 30.8. The lowest BCUT2D eigenvalue weighted by Crippen LogP contribution is -2.14. The van der Waals surface area contributed by atoms with Crippen LogP contribution in [-0.2, 0) is 10.0 Å². The number of nitrogens with zero attached hydrogens (tertiary/aromatic N) is 2. The fraction of sp³-hybridized carbons (Fsp3) is 0.125. The summed E-state index contributed by atoms with van der Waals surface area (Å²) in [6.07, 6.45) is 0. The molecule has 0 aliphatic heterocycles. The highest BCUT2D eigenvalue weighted by molar-refractivity contribution is 7.92. The van der Waals surface area contributed by atoms with Gasteiger partial charge in [-0.3, -0.25) is 4.72 Å². The molecule has 0 spiro atoms. The Balaban J connectivity index is 1.83. The molecule has 2 aromatic carbocycles. The highest BCUT2D eigenvalue weighted by Gasteiger charge is 2.12. The van der Waals surface area contributed by atoms with Gasteiger partial charge in [-0.25, -0.2) is 8.42 Å². The molecule has 0 unspecified atom stereocenters. The highest BCUT2D eigenvalue weighted by atomic mass is 35.5. The molecule has 0 bridgehead atoms. The van der Waals surface area contributed by atoms with E-state index in [0.717, 1.165) is 5.56 Å². The van der Waals surface area contributed by atoms with Crippen molar-refractivity contribution in [3.8, 4) is 22.8 Å². The first-order valence-corrected chi connectivity index (χ1v) is 9.20. The Morgan fingerprint density at radius 1 is 1.12 bits per heavy atom. The van der Waals surface area contributed by atoms with E-state index in [-0.39, 0.29) is 5.75 Å². The summed E-state index contributed by atoms with van der Waals surface area (Å²) in [6, 6.07) is 13.9. The minimum atomic E-state index is -3.30. The lowest BCUT2D eigenvalue weighted by molar-refractivity contribution is 0.432. The lowest BCUT2D eigenvalue weighted by Gasteiger charge is -2.05. The Hall–Kier alpha value is -2.38. The van der Waals surface area contributed by atoms with Gasteiger partial charge >= 0.3 is 0 Å². The van der Waals surface area contributed by atoms with E-state index in [1.54, 1.807) is 49.4 Å². The van der Waals surface area contributed by atoms with Gasteiger partial charge in [-0.2, -0.15) is 4.98 Å². The van der Waals surface area contributed by atoms with Crippen LogP contribution in [-0.4, -0.2) is 24.3 Å². The molecule has 0 aliphatic carbocycles. The molecular weight excluding hydrogens is 350 g/mol. The van der Waals surface area contributed by atoms with E-state index >= 15 is 0 Å². The molecule has 6 nitrogen and oxygen atoms in total. The van der Waals surface area contributed by atoms with Crippen LogP contribution in [0.1, 0.15) is 6.92 Å². The summed E-state index contributed by atoms with van der Waals surface area (Å²) in [5, 5.41) is 4.53. The third kappa shape index (κ3) is 3.74. The molecule has 8 heteroatoms. The van der Waals surface area contributed by atoms with Gasteiger partial charge in [0.1, 0.15) is 0 Å². The van der Waals surface area contributed by atoms with Crippen molar-refractivity contribution < 1.29 is 12.9 Å². The van der Waals surface area contributed by atoms with Crippen molar-refractivity contribution in [1.82, 2.24) is 10.1 Å². The van der Waals surface area contributed by atoms with Crippen molar-refractivity contribution in [3.63, 3.8) is 0 Å². The molecule has 3 rings (SSSR count). The number of anilines is 1. The van der Waals surface area contributed by atoms with Gasteiger partial charge in [-0.05, 0) is 49.4 Å². The Morgan fingerprint density at radius 3 is 2.54 bits per heavy atom. The minimum Gasteiger partial charge on any atom is -0.334 e. The van der Waals surface area contributed by atoms with Crippen LogP contribution in [0.15, 0.2) is 53.1 Å². The van der Waals surface area contributed by atoms with Gasteiger partial charge in [-0.15, -0.1) is 0 Å². The number of hydrogen-bond acceptors (Lipinski definition) is 5. The number of halogens is 1. The first-order valence-electron chi connectivity index (χ1n) is 7.17. The molecule has 0 amide bonds. The van der Waals surface area contributed by atoms with E-state index in [2.05, 4.69) is 14.9 Å². The maximum absolute atomic E-state index is 11.5. The minimum absolute atomic E-state index is 0.0165. The molecule has 0 radical (unpaired) electrons. The largest absolute Gasteiger partial charge is 0.334 e. The van der Waals surface area contributed by atoms with Crippen LogP contribution in [0, 0.1) is 0 Å². The molecule has 24 heavy (non-hydrogen) atoms. The van der Waals surface area contributed by atoms with Crippen molar-refractivity contribution in [3.05, 3.63) is 53.6 Å². The molecular formula is C16H14ClN3O3S. The van der Waals surface area contributed by atoms with Crippen LogP contribution < -0.4 is 4.72 Å². The number of sulfonamides is 1. The van der Waals surface area contributed by atoms with Crippen molar-refractivity contribution in [2.75, 3.05) is 10.5 Å². The smallest absolute Gasteiger partial charge is 0.258 e. The van der Waals surface area contributed by atoms with Gasteiger partial charge in [0.05, 0.1) is 5.75 Å². The number of nitrogens with one attached hydrogen (secondary N) is 1. The Kier molecular flexibility index (Phi) is 4.55. The molecule has 124 valence electrons. The summed E-state index contributed by atoms with van der Waals surface area (Å²) in [4.78, 5) is 4.34. The Morgan fingerprint density at radius 2 is 1.88 bits per heavy atom. The standard InChI is InChI=1S/C16H14ClN3O3S/c1-2-24(21,22)20-14-8-6-11(7-9-14)15-18-16(23-19-15)12-4-3-5-13(17)10-12/h3-10,20H,2H2,1H3. The van der Waals surface area contributed by atoms with Gasteiger partial charge in [0.2, 0.25) is 15.8 Å². The number of benzene rings is 2. The summed E-state index contributed by atoms with van der Waals surface area (Å²) in [5.41, 5.74) is 1.93. The average molecular weight is 364 g/mol. The second kappa shape index (κ2) is 6.62. The van der Waals surface area contributed by atoms with Crippen LogP contribution in [0.2, 0.25) is 5.02 Å². The fourth-order valence-corrected chi connectivity index (χ4v) is 2.85. The third-order valence-electron chi connectivity index (χ3n) is 3.29. The molecule has 0 aliphatic rings. The van der Waals surface area contributed by atoms with Crippen LogP contribution in [0.4, 0.5) is 5.69 Å². The number of aromatic nitrogens is 2. The Bertz CT molecular complexity index is 953. The van der Waals surface area contributed by atoms with E-state index in [4.69, 9.17) is 16.1 Å². The maximum Gasteiger partial charge on any atom is 0.258 e. The van der Waals surface area contributed by atoms with Crippen molar-refractivity contribution in [2.45, 2.75) is 6.92 Å². The summed E-state index contributed by atoms with van der Waals surface area (Å²) in [5.74, 6) is 0.793. The van der Waals surface area contributed by atoms with Crippen LogP contribution in [0.25, 0.3) is 22.8 Å². The predicted molar refractivity (Wildman–Crippen MR) is 93.3 cm³/mol. The first-order chi connectivity index (χ1) is 11.5. The molecule has 3 aromatic rings. The van der Waals surface area contributed by atoms with E-state index < -0.39 is 10.0 Å². The molecule has 1 N–H and O–H groups in total. The zero-order chi connectivity index (χ0) is 17.2. The quantitative estimate of drug-likeness (QED) is 0.744. The first kappa shape index (κ1) is 16.5. The third-order valence-corrected chi connectivity index (χ3v) is 4.84. The van der Waals surface area contributed by atoms with Crippen molar-refractivity contribution >= 4 is 27.3 Å². The highest BCUT2D eigenvalue weighted by Crippen LogP contribution is 2.25. The van der Waals surface area contributed by atoms with Crippen LogP contribution >= 0.6 is 11.6 Å². The molecule has 0 saturated heterocycles. The monoisotopic (exact) mass is 363 g/mol. The van der Waals surface area contributed by atoms with Crippen molar-refractivity contribution in [1.29, 1.82) is 0 Å². The fourth-order valence-electron chi connectivity index (χ4n) is 2.02. The predicted octanol–water partition coefficient (Wildman–Crippen LogP) is 3.82. The van der Waals surface area contributed by atoms with E-state index in [9.17, 15) is 8.42 Å². The second-order valence-electron chi connectivity index (χ2n) is 5.02. The number of hydrogen-bond donors (Lipinski definition) is 1. The van der Waals surface area contributed by atoms with Gasteiger partial charge in [-0.1, -0.05) is 22.8 Å². The SMILES string of the molecule is CCS(=O)(=O)Nc1ccc(-c2noc(-c3cccc(Cl)c3)n2)cc1. The molecule has 0 fully saturated rings. The summed E-state index contributed by atoms with van der Waals surface area (Å²) in [7, 11) is -3.30.